The number of ketones is 1. The van der Waals surface area contributed by atoms with E-state index in [2.05, 4.69) is 0 Å². The molecule has 0 radical (unpaired) electrons. The highest BCUT2D eigenvalue weighted by molar-refractivity contribution is 7.98. The van der Waals surface area contributed by atoms with Crippen LogP contribution < -0.4 is 5.73 Å². The van der Waals surface area contributed by atoms with Crippen molar-refractivity contribution in [2.75, 3.05) is 12.0 Å². The summed E-state index contributed by atoms with van der Waals surface area (Å²) >= 11 is 1.65. The highest BCUT2D eigenvalue weighted by Crippen LogP contribution is 2.34. The molecule has 1 aliphatic carbocycles. The Morgan fingerprint density at radius 1 is 1.42 bits per heavy atom. The minimum absolute atomic E-state index is 0.0558. The minimum atomic E-state index is 0.0558. The molecule has 0 spiro atoms. The molecule has 0 saturated heterocycles. The molecule has 0 aliphatic heterocycles. The van der Waals surface area contributed by atoms with E-state index >= 15 is 0 Å². The molecule has 2 rings (SSSR count). The molecule has 1 aromatic rings. The quantitative estimate of drug-likeness (QED) is 0.813. The molecule has 4 heteroatoms. The number of fused-ring (bicyclic) bond motifs is 1. The summed E-state index contributed by atoms with van der Waals surface area (Å²) in [6.07, 6.45) is 6.60. The second kappa shape index (κ2) is 6.44. The number of aryl methyl sites for hydroxylation is 1. The summed E-state index contributed by atoms with van der Waals surface area (Å²) in [5, 5.41) is 10.3. The van der Waals surface area contributed by atoms with Gasteiger partial charge in [0.15, 0.2) is 5.78 Å². The molecule has 1 aromatic carbocycles. The van der Waals surface area contributed by atoms with Crippen LogP contribution in [0, 0.1) is 0 Å². The average molecular weight is 279 g/mol. The largest absolute Gasteiger partial charge is 0.507 e. The smallest absolute Gasteiger partial charge is 0.167 e. The molecule has 19 heavy (non-hydrogen) atoms. The van der Waals surface area contributed by atoms with Gasteiger partial charge in [0.2, 0.25) is 0 Å². The third-order valence-electron chi connectivity index (χ3n) is 3.73. The van der Waals surface area contributed by atoms with Crippen molar-refractivity contribution in [3.63, 3.8) is 0 Å². The second-order valence-electron chi connectivity index (χ2n) is 4.97. The van der Waals surface area contributed by atoms with Gasteiger partial charge in [0, 0.05) is 24.3 Å². The molecule has 0 atom stereocenters. The van der Waals surface area contributed by atoms with E-state index in [-0.39, 0.29) is 18.1 Å². The maximum Gasteiger partial charge on any atom is 0.167 e. The topological polar surface area (TPSA) is 63.3 Å². The summed E-state index contributed by atoms with van der Waals surface area (Å²) in [5.74, 6) is 0.967. The third kappa shape index (κ3) is 2.95. The number of rotatable bonds is 5. The van der Waals surface area contributed by atoms with Crippen LogP contribution in [0.15, 0.2) is 6.07 Å². The molecule has 0 fully saturated rings. The van der Waals surface area contributed by atoms with E-state index in [1.165, 1.54) is 5.56 Å². The van der Waals surface area contributed by atoms with Crippen molar-refractivity contribution in [2.24, 2.45) is 5.73 Å². The molecule has 0 bridgehead atoms. The van der Waals surface area contributed by atoms with Crippen molar-refractivity contribution in [2.45, 2.75) is 38.6 Å². The van der Waals surface area contributed by atoms with Crippen molar-refractivity contribution < 1.29 is 9.90 Å². The van der Waals surface area contributed by atoms with Gasteiger partial charge in [-0.2, -0.15) is 11.8 Å². The Morgan fingerprint density at radius 3 is 2.84 bits per heavy atom. The van der Waals surface area contributed by atoms with Gasteiger partial charge in [-0.25, -0.2) is 0 Å². The van der Waals surface area contributed by atoms with Gasteiger partial charge in [0.1, 0.15) is 5.75 Å². The standard InChI is InChI=1S/C15H21NO2S/c1-19-7-6-13(17)14-12-5-3-2-4-10(12)8-11(9-16)15(14)18/h8,18H,2-7,9,16H2,1H3. The zero-order chi connectivity index (χ0) is 13.8. The lowest BCUT2D eigenvalue weighted by molar-refractivity contribution is 0.0985. The van der Waals surface area contributed by atoms with Gasteiger partial charge in [-0.05, 0) is 43.1 Å². The fraction of sp³-hybridized carbons (Fsp3) is 0.533. The summed E-state index contributed by atoms with van der Waals surface area (Å²) in [6, 6.07) is 1.98. The van der Waals surface area contributed by atoms with Gasteiger partial charge in [-0.15, -0.1) is 0 Å². The molecule has 0 amide bonds. The number of carbonyl (C=O) groups is 1. The van der Waals surface area contributed by atoms with Crippen LogP contribution in [-0.2, 0) is 19.4 Å². The maximum absolute atomic E-state index is 12.4. The van der Waals surface area contributed by atoms with Crippen molar-refractivity contribution in [3.8, 4) is 5.75 Å². The molecular weight excluding hydrogens is 258 g/mol. The number of phenols is 1. The van der Waals surface area contributed by atoms with E-state index in [4.69, 9.17) is 5.73 Å². The Balaban J connectivity index is 2.46. The van der Waals surface area contributed by atoms with Crippen molar-refractivity contribution in [1.82, 2.24) is 0 Å². The van der Waals surface area contributed by atoms with Crippen molar-refractivity contribution in [1.29, 1.82) is 0 Å². The first-order valence-corrected chi connectivity index (χ1v) is 8.17. The highest BCUT2D eigenvalue weighted by Gasteiger charge is 2.23. The van der Waals surface area contributed by atoms with Crippen LogP contribution in [0.3, 0.4) is 0 Å². The number of carbonyl (C=O) groups excluding carboxylic acids is 1. The number of aromatic hydroxyl groups is 1. The van der Waals surface area contributed by atoms with Gasteiger partial charge in [-0.1, -0.05) is 6.07 Å². The van der Waals surface area contributed by atoms with Gasteiger partial charge in [0.25, 0.3) is 0 Å². The summed E-state index contributed by atoms with van der Waals surface area (Å²) in [5.41, 5.74) is 9.20. The highest BCUT2D eigenvalue weighted by atomic mass is 32.2. The number of thioether (sulfide) groups is 1. The predicted octanol–water partition coefficient (Wildman–Crippen LogP) is 2.67. The molecule has 3 nitrogen and oxygen atoms in total. The summed E-state index contributed by atoms with van der Waals surface area (Å²) in [7, 11) is 0. The van der Waals surface area contributed by atoms with Gasteiger partial charge >= 0.3 is 0 Å². The Bertz CT molecular complexity index is 486. The SMILES string of the molecule is CSCCC(=O)c1c(O)c(CN)cc2c1CCCC2. The van der Waals surface area contributed by atoms with Crippen LogP contribution >= 0.6 is 11.8 Å². The molecule has 0 aromatic heterocycles. The molecule has 104 valence electrons. The molecule has 1 aliphatic rings. The molecule has 0 saturated carbocycles. The first-order valence-electron chi connectivity index (χ1n) is 6.77. The van der Waals surface area contributed by atoms with Crippen LogP contribution in [0.2, 0.25) is 0 Å². The normalized spacial score (nSPS) is 14.2. The van der Waals surface area contributed by atoms with Gasteiger partial charge in [-0.3, -0.25) is 4.79 Å². The van der Waals surface area contributed by atoms with Crippen LogP contribution in [0.5, 0.6) is 5.75 Å². The molecule has 0 heterocycles. The van der Waals surface area contributed by atoms with Crippen molar-refractivity contribution in [3.05, 3.63) is 28.3 Å². The Labute approximate surface area is 118 Å². The Kier molecular flexibility index (Phi) is 4.88. The Hall–Kier alpha value is -1.00. The summed E-state index contributed by atoms with van der Waals surface area (Å²) < 4.78 is 0. The van der Waals surface area contributed by atoms with E-state index in [0.29, 0.717) is 17.5 Å². The van der Waals surface area contributed by atoms with Gasteiger partial charge < -0.3 is 10.8 Å². The lowest BCUT2D eigenvalue weighted by atomic mass is 9.84. The zero-order valence-electron chi connectivity index (χ0n) is 11.4. The zero-order valence-corrected chi connectivity index (χ0v) is 12.2. The number of nitrogens with two attached hydrogens (primary N) is 1. The van der Waals surface area contributed by atoms with Crippen LogP contribution in [0.1, 0.15) is 46.3 Å². The third-order valence-corrected chi connectivity index (χ3v) is 4.35. The minimum Gasteiger partial charge on any atom is -0.507 e. The fourth-order valence-corrected chi connectivity index (χ4v) is 3.12. The lowest BCUT2D eigenvalue weighted by Crippen LogP contribution is -2.14. The molecular formula is C15H21NO2S. The summed E-state index contributed by atoms with van der Waals surface area (Å²) in [6.45, 7) is 0.280. The first-order chi connectivity index (χ1) is 9.19. The summed E-state index contributed by atoms with van der Waals surface area (Å²) in [4.78, 5) is 12.4. The number of Topliss-reactive ketones (excluding diaryl/α,β-unsaturated/α-hetero) is 1. The predicted molar refractivity (Wildman–Crippen MR) is 80.0 cm³/mol. The van der Waals surface area contributed by atoms with Crippen molar-refractivity contribution >= 4 is 17.5 Å². The van der Waals surface area contributed by atoms with Crippen LogP contribution in [0.4, 0.5) is 0 Å². The van der Waals surface area contributed by atoms with E-state index in [1.807, 2.05) is 12.3 Å². The number of hydrogen-bond donors (Lipinski definition) is 2. The maximum atomic E-state index is 12.4. The lowest BCUT2D eigenvalue weighted by Gasteiger charge is -2.22. The van der Waals surface area contributed by atoms with E-state index < -0.39 is 0 Å². The second-order valence-corrected chi connectivity index (χ2v) is 5.96. The van der Waals surface area contributed by atoms with Crippen LogP contribution in [0.25, 0.3) is 0 Å². The van der Waals surface area contributed by atoms with E-state index in [0.717, 1.165) is 37.0 Å². The first kappa shape index (κ1) is 14.4. The molecule has 0 unspecified atom stereocenters. The fourth-order valence-electron chi connectivity index (χ4n) is 2.73. The van der Waals surface area contributed by atoms with Crippen LogP contribution in [-0.4, -0.2) is 22.9 Å². The number of phenolic OH excluding ortho intramolecular Hbond substituents is 1. The average Bonchev–Trinajstić information content (AvgIpc) is 2.44. The monoisotopic (exact) mass is 279 g/mol. The molecule has 3 N–H and O–H groups in total. The number of benzene rings is 1. The van der Waals surface area contributed by atoms with E-state index in [9.17, 15) is 9.90 Å². The van der Waals surface area contributed by atoms with Gasteiger partial charge in [0.05, 0.1) is 5.56 Å². The number of hydrogen-bond acceptors (Lipinski definition) is 4. The van der Waals surface area contributed by atoms with E-state index in [1.54, 1.807) is 11.8 Å². The Morgan fingerprint density at radius 2 is 2.16 bits per heavy atom.